The van der Waals surface area contributed by atoms with E-state index in [2.05, 4.69) is 5.32 Å². The molecule has 24 heavy (non-hydrogen) atoms. The van der Waals surface area contributed by atoms with Gasteiger partial charge >= 0.3 is 0 Å². The maximum absolute atomic E-state index is 12.8. The maximum Gasteiger partial charge on any atom is 0.256 e. The molecule has 1 atom stereocenters. The third-order valence-corrected chi connectivity index (χ3v) is 4.03. The van der Waals surface area contributed by atoms with Crippen LogP contribution in [0.1, 0.15) is 18.9 Å². The number of hydrogen-bond acceptors (Lipinski definition) is 4. The summed E-state index contributed by atoms with van der Waals surface area (Å²) >= 11 is 0. The van der Waals surface area contributed by atoms with E-state index in [0.717, 1.165) is 11.3 Å². The fourth-order valence-electron chi connectivity index (χ4n) is 2.84. The molecule has 0 aliphatic carbocycles. The maximum atomic E-state index is 12.8. The highest BCUT2D eigenvalue weighted by Gasteiger charge is 2.40. The van der Waals surface area contributed by atoms with Gasteiger partial charge in [-0.1, -0.05) is 30.3 Å². The van der Waals surface area contributed by atoms with E-state index in [4.69, 9.17) is 4.74 Å². The molecule has 2 amide bonds. The molecule has 0 spiro atoms. The van der Waals surface area contributed by atoms with E-state index in [0.29, 0.717) is 18.0 Å². The van der Waals surface area contributed by atoms with Crippen LogP contribution in [0.4, 0.5) is 11.4 Å². The second-order valence-corrected chi connectivity index (χ2v) is 5.68. The van der Waals surface area contributed by atoms with Gasteiger partial charge in [0.25, 0.3) is 5.91 Å². The zero-order chi connectivity index (χ0) is 17.1. The summed E-state index contributed by atoms with van der Waals surface area (Å²) in [5.74, 6) is 0.0619. The number of carbonyl (C=O) groups excluding carboxylic acids is 2. The summed E-state index contributed by atoms with van der Waals surface area (Å²) in [6, 6.07) is 14.3. The predicted octanol–water partition coefficient (Wildman–Crippen LogP) is 3.14. The van der Waals surface area contributed by atoms with E-state index in [1.54, 1.807) is 18.2 Å². The van der Waals surface area contributed by atoms with E-state index in [1.807, 2.05) is 44.2 Å². The molecule has 2 aromatic carbocycles. The highest BCUT2D eigenvalue weighted by Crippen LogP contribution is 2.33. The Morgan fingerprint density at radius 3 is 2.58 bits per heavy atom. The summed E-state index contributed by atoms with van der Waals surface area (Å²) in [7, 11) is 0. The van der Waals surface area contributed by atoms with Crippen molar-refractivity contribution in [2.75, 3.05) is 16.8 Å². The molecular weight excluding hydrogens is 304 g/mol. The van der Waals surface area contributed by atoms with Crippen LogP contribution in [-0.4, -0.2) is 24.5 Å². The summed E-state index contributed by atoms with van der Waals surface area (Å²) in [5.41, 5.74) is 2.40. The summed E-state index contributed by atoms with van der Waals surface area (Å²) < 4.78 is 5.55. The number of nitrogens with zero attached hydrogens (tertiary/aromatic N) is 1. The average Bonchev–Trinajstić information content (AvgIpc) is 2.85. The van der Waals surface area contributed by atoms with Crippen LogP contribution in [0.15, 0.2) is 48.5 Å². The number of rotatable bonds is 5. The Morgan fingerprint density at radius 2 is 1.83 bits per heavy atom. The number of ether oxygens (including phenoxy) is 1. The largest absolute Gasteiger partial charge is 0.492 e. The van der Waals surface area contributed by atoms with Gasteiger partial charge in [-0.25, -0.2) is 4.90 Å². The molecule has 0 radical (unpaired) electrons. The van der Waals surface area contributed by atoms with Crippen molar-refractivity contribution < 1.29 is 14.3 Å². The van der Waals surface area contributed by atoms with Crippen molar-refractivity contribution in [2.24, 2.45) is 0 Å². The van der Waals surface area contributed by atoms with Crippen LogP contribution < -0.4 is 15.0 Å². The van der Waals surface area contributed by atoms with Crippen LogP contribution in [0, 0.1) is 6.92 Å². The SMILES string of the molecule is CCOc1ccccc1N1C(=O)C[C@@H](Nc2ccccc2C)C1=O. The third kappa shape index (κ3) is 2.97. The Hall–Kier alpha value is -2.82. The van der Waals surface area contributed by atoms with Gasteiger partial charge in [-0.3, -0.25) is 9.59 Å². The minimum atomic E-state index is -0.562. The number of aryl methyl sites for hydroxylation is 1. The second-order valence-electron chi connectivity index (χ2n) is 5.68. The first-order valence-corrected chi connectivity index (χ1v) is 8.02. The lowest BCUT2D eigenvalue weighted by molar-refractivity contribution is -0.121. The van der Waals surface area contributed by atoms with Crippen molar-refractivity contribution in [1.82, 2.24) is 0 Å². The molecular formula is C19H20N2O3. The van der Waals surface area contributed by atoms with Crippen molar-refractivity contribution in [1.29, 1.82) is 0 Å². The number of nitrogens with one attached hydrogen (secondary N) is 1. The third-order valence-electron chi connectivity index (χ3n) is 4.03. The first-order chi connectivity index (χ1) is 11.6. The molecule has 0 aromatic heterocycles. The lowest BCUT2D eigenvalue weighted by atomic mass is 10.1. The Bertz CT molecular complexity index is 773. The average molecular weight is 324 g/mol. The number of benzene rings is 2. The van der Waals surface area contributed by atoms with Gasteiger partial charge in [-0.15, -0.1) is 0 Å². The van der Waals surface area contributed by atoms with Gasteiger partial charge in [0.2, 0.25) is 5.91 Å². The van der Waals surface area contributed by atoms with E-state index in [-0.39, 0.29) is 18.2 Å². The van der Waals surface area contributed by atoms with Crippen LogP contribution >= 0.6 is 0 Å². The molecule has 1 saturated heterocycles. The van der Waals surface area contributed by atoms with Crippen LogP contribution in [-0.2, 0) is 9.59 Å². The topological polar surface area (TPSA) is 58.6 Å². The van der Waals surface area contributed by atoms with Gasteiger partial charge in [-0.2, -0.15) is 0 Å². The molecule has 1 heterocycles. The summed E-state index contributed by atoms with van der Waals surface area (Å²) in [6.07, 6.45) is 0.133. The van der Waals surface area contributed by atoms with Crippen molar-refractivity contribution in [2.45, 2.75) is 26.3 Å². The zero-order valence-corrected chi connectivity index (χ0v) is 13.8. The van der Waals surface area contributed by atoms with Crippen molar-refractivity contribution in [3.63, 3.8) is 0 Å². The molecule has 5 heteroatoms. The van der Waals surface area contributed by atoms with Gasteiger partial charge in [0.1, 0.15) is 11.8 Å². The molecule has 1 N–H and O–H groups in total. The zero-order valence-electron chi connectivity index (χ0n) is 13.8. The molecule has 1 aliphatic rings. The Kier molecular flexibility index (Phi) is 4.51. The number of amides is 2. The number of imide groups is 1. The highest BCUT2D eigenvalue weighted by molar-refractivity contribution is 6.23. The van der Waals surface area contributed by atoms with Crippen molar-refractivity contribution in [3.8, 4) is 5.75 Å². The van der Waals surface area contributed by atoms with Crippen LogP contribution in [0.5, 0.6) is 5.75 Å². The van der Waals surface area contributed by atoms with Crippen LogP contribution in [0.25, 0.3) is 0 Å². The summed E-state index contributed by atoms with van der Waals surface area (Å²) in [6.45, 7) is 4.30. The standard InChI is InChI=1S/C19H20N2O3/c1-3-24-17-11-7-6-10-16(17)21-18(22)12-15(19(21)23)20-14-9-5-4-8-13(14)2/h4-11,15,20H,3,12H2,1-2H3/t15-/m1/s1. The predicted molar refractivity (Wildman–Crippen MR) is 93.3 cm³/mol. The normalized spacial score (nSPS) is 17.2. The minimum Gasteiger partial charge on any atom is -0.492 e. The van der Waals surface area contributed by atoms with E-state index in [1.165, 1.54) is 4.90 Å². The molecule has 1 aliphatic heterocycles. The molecule has 5 nitrogen and oxygen atoms in total. The Balaban J connectivity index is 1.86. The van der Waals surface area contributed by atoms with Gasteiger partial charge in [-0.05, 0) is 37.6 Å². The molecule has 0 saturated carbocycles. The van der Waals surface area contributed by atoms with Gasteiger partial charge in [0, 0.05) is 5.69 Å². The smallest absolute Gasteiger partial charge is 0.256 e. The molecule has 124 valence electrons. The monoisotopic (exact) mass is 324 g/mol. The van der Waals surface area contributed by atoms with E-state index in [9.17, 15) is 9.59 Å². The molecule has 0 unspecified atom stereocenters. The Labute approximate surface area is 141 Å². The van der Waals surface area contributed by atoms with Crippen molar-refractivity contribution >= 4 is 23.2 Å². The number of para-hydroxylation sites is 3. The number of hydrogen-bond donors (Lipinski definition) is 1. The molecule has 1 fully saturated rings. The van der Waals surface area contributed by atoms with Gasteiger partial charge < -0.3 is 10.1 Å². The fourth-order valence-corrected chi connectivity index (χ4v) is 2.84. The fraction of sp³-hybridized carbons (Fsp3) is 0.263. The second kappa shape index (κ2) is 6.74. The van der Waals surface area contributed by atoms with Gasteiger partial charge in [0.15, 0.2) is 0 Å². The Morgan fingerprint density at radius 1 is 1.12 bits per heavy atom. The van der Waals surface area contributed by atoms with Crippen molar-refractivity contribution in [3.05, 3.63) is 54.1 Å². The highest BCUT2D eigenvalue weighted by atomic mass is 16.5. The number of anilines is 2. The first-order valence-electron chi connectivity index (χ1n) is 8.02. The molecule has 0 bridgehead atoms. The quantitative estimate of drug-likeness (QED) is 0.859. The lowest BCUT2D eigenvalue weighted by Crippen LogP contribution is -2.35. The van der Waals surface area contributed by atoms with E-state index < -0.39 is 6.04 Å². The summed E-state index contributed by atoms with van der Waals surface area (Å²) in [4.78, 5) is 26.4. The van der Waals surface area contributed by atoms with Crippen LogP contribution in [0.3, 0.4) is 0 Å². The molecule has 3 rings (SSSR count). The van der Waals surface area contributed by atoms with Crippen LogP contribution in [0.2, 0.25) is 0 Å². The molecule has 2 aromatic rings. The van der Waals surface area contributed by atoms with Gasteiger partial charge in [0.05, 0.1) is 18.7 Å². The summed E-state index contributed by atoms with van der Waals surface area (Å²) in [5, 5.41) is 3.19. The minimum absolute atomic E-state index is 0.133. The lowest BCUT2D eigenvalue weighted by Gasteiger charge is -2.19. The number of carbonyl (C=O) groups is 2. The van der Waals surface area contributed by atoms with E-state index >= 15 is 0 Å². The first kappa shape index (κ1) is 16.1.